The molecule has 2 amide bonds. The van der Waals surface area contributed by atoms with Gasteiger partial charge in [0, 0.05) is 19.1 Å². The van der Waals surface area contributed by atoms with Crippen LogP contribution in [-0.2, 0) is 4.79 Å². The van der Waals surface area contributed by atoms with E-state index >= 15 is 0 Å². The number of hydrogen-bond donors (Lipinski definition) is 4. The Kier molecular flexibility index (Phi) is 6.78. The van der Waals surface area contributed by atoms with Gasteiger partial charge in [-0.25, -0.2) is 9.59 Å². The first-order valence-corrected chi connectivity index (χ1v) is 7.36. The third kappa shape index (κ3) is 5.00. The molecular formula is C14H26N2O4. The molecule has 1 aliphatic rings. The van der Waals surface area contributed by atoms with Gasteiger partial charge >= 0.3 is 12.0 Å². The van der Waals surface area contributed by atoms with Gasteiger partial charge in [0.1, 0.15) is 6.04 Å². The summed E-state index contributed by atoms with van der Waals surface area (Å²) < 4.78 is 0. The summed E-state index contributed by atoms with van der Waals surface area (Å²) in [5, 5.41) is 23.1. The molecule has 20 heavy (non-hydrogen) atoms. The molecular weight excluding hydrogens is 260 g/mol. The second-order valence-electron chi connectivity index (χ2n) is 5.82. The second kappa shape index (κ2) is 8.09. The van der Waals surface area contributed by atoms with Crippen molar-refractivity contribution < 1.29 is 19.8 Å². The minimum Gasteiger partial charge on any atom is -0.480 e. The maximum Gasteiger partial charge on any atom is 0.326 e. The quantitative estimate of drug-likeness (QED) is 0.592. The number of nitrogens with one attached hydrogen (secondary N) is 2. The van der Waals surface area contributed by atoms with E-state index in [-0.39, 0.29) is 19.1 Å². The first-order chi connectivity index (χ1) is 9.45. The van der Waals surface area contributed by atoms with E-state index in [4.69, 9.17) is 10.2 Å². The smallest absolute Gasteiger partial charge is 0.326 e. The molecule has 4 N–H and O–H groups in total. The van der Waals surface area contributed by atoms with E-state index in [2.05, 4.69) is 24.5 Å². The van der Waals surface area contributed by atoms with Crippen molar-refractivity contribution in [1.82, 2.24) is 10.6 Å². The molecule has 1 rings (SSSR count). The fourth-order valence-electron chi connectivity index (χ4n) is 2.89. The fraction of sp³-hybridized carbons (Fsp3) is 0.857. The zero-order valence-electron chi connectivity index (χ0n) is 12.3. The molecule has 0 saturated heterocycles. The van der Waals surface area contributed by atoms with E-state index < -0.39 is 18.0 Å². The van der Waals surface area contributed by atoms with Gasteiger partial charge in [-0.1, -0.05) is 26.7 Å². The predicted octanol–water partition coefficient (Wildman–Crippen LogP) is 1.34. The summed E-state index contributed by atoms with van der Waals surface area (Å²) in [6, 6.07) is -1.39. The van der Waals surface area contributed by atoms with Gasteiger partial charge in [-0.3, -0.25) is 0 Å². The number of carbonyl (C=O) groups is 2. The van der Waals surface area contributed by atoms with Gasteiger partial charge in [-0.05, 0) is 24.7 Å². The molecule has 0 aromatic carbocycles. The largest absolute Gasteiger partial charge is 0.480 e. The lowest BCUT2D eigenvalue weighted by atomic mass is 9.78. The van der Waals surface area contributed by atoms with E-state index in [1.165, 1.54) is 6.42 Å². The van der Waals surface area contributed by atoms with Gasteiger partial charge in [0.05, 0.1) is 0 Å². The van der Waals surface area contributed by atoms with Gasteiger partial charge in [0.2, 0.25) is 0 Å². The number of aliphatic hydroxyl groups is 1. The van der Waals surface area contributed by atoms with Crippen molar-refractivity contribution in [3.63, 3.8) is 0 Å². The standard InChI is InChI=1S/C14H26N2O4/c1-9(2)10-5-3-4-6-11(10)15-14(20)16-12(7-8-17)13(18)19/h9-12,17H,3-8H2,1-2H3,(H,18,19)(H2,15,16,20). The van der Waals surface area contributed by atoms with Crippen LogP contribution in [0.2, 0.25) is 0 Å². The summed E-state index contributed by atoms with van der Waals surface area (Å²) in [6.07, 6.45) is 4.33. The summed E-state index contributed by atoms with van der Waals surface area (Å²) in [5.74, 6) is -0.192. The third-order valence-corrected chi connectivity index (χ3v) is 4.01. The number of aliphatic hydroxyl groups excluding tert-OH is 1. The first-order valence-electron chi connectivity index (χ1n) is 7.36. The summed E-state index contributed by atoms with van der Waals surface area (Å²) in [6.45, 7) is 4.03. The van der Waals surface area contributed by atoms with Crippen molar-refractivity contribution in [2.24, 2.45) is 11.8 Å². The van der Waals surface area contributed by atoms with Crippen LogP contribution in [0.25, 0.3) is 0 Å². The highest BCUT2D eigenvalue weighted by atomic mass is 16.4. The van der Waals surface area contributed by atoms with Crippen molar-refractivity contribution in [2.45, 2.75) is 58.0 Å². The molecule has 0 aromatic heterocycles. The highest BCUT2D eigenvalue weighted by Gasteiger charge is 2.29. The maximum atomic E-state index is 11.9. The molecule has 1 fully saturated rings. The van der Waals surface area contributed by atoms with Crippen LogP contribution in [-0.4, -0.2) is 40.9 Å². The zero-order chi connectivity index (χ0) is 15.1. The van der Waals surface area contributed by atoms with Crippen molar-refractivity contribution in [3.8, 4) is 0 Å². The third-order valence-electron chi connectivity index (χ3n) is 4.01. The Labute approximate surface area is 119 Å². The normalized spacial score (nSPS) is 24.2. The molecule has 0 bridgehead atoms. The number of aliphatic carboxylic acids is 1. The highest BCUT2D eigenvalue weighted by Crippen LogP contribution is 2.30. The average molecular weight is 286 g/mol. The molecule has 0 spiro atoms. The summed E-state index contributed by atoms with van der Waals surface area (Å²) in [4.78, 5) is 22.8. The van der Waals surface area contributed by atoms with Crippen LogP contribution < -0.4 is 10.6 Å². The lowest BCUT2D eigenvalue weighted by molar-refractivity contribution is -0.139. The monoisotopic (exact) mass is 286 g/mol. The molecule has 6 nitrogen and oxygen atoms in total. The summed E-state index contributed by atoms with van der Waals surface area (Å²) in [7, 11) is 0. The van der Waals surface area contributed by atoms with E-state index in [9.17, 15) is 9.59 Å². The van der Waals surface area contributed by atoms with E-state index in [0.29, 0.717) is 11.8 Å². The van der Waals surface area contributed by atoms with Gasteiger partial charge in [0.15, 0.2) is 0 Å². The molecule has 116 valence electrons. The Balaban J connectivity index is 2.52. The van der Waals surface area contributed by atoms with Crippen molar-refractivity contribution in [1.29, 1.82) is 0 Å². The van der Waals surface area contributed by atoms with Crippen molar-refractivity contribution in [2.75, 3.05) is 6.61 Å². The minimum atomic E-state index is -1.13. The topological polar surface area (TPSA) is 98.7 Å². The molecule has 3 atom stereocenters. The minimum absolute atomic E-state index is 0.0149. The van der Waals surface area contributed by atoms with E-state index in [1.54, 1.807) is 0 Å². The molecule has 0 radical (unpaired) electrons. The molecule has 1 aliphatic carbocycles. The number of amides is 2. The highest BCUT2D eigenvalue weighted by molar-refractivity contribution is 5.82. The van der Waals surface area contributed by atoms with Crippen LogP contribution >= 0.6 is 0 Å². The number of carbonyl (C=O) groups excluding carboxylic acids is 1. The van der Waals surface area contributed by atoms with E-state index in [1.807, 2.05) is 0 Å². The summed E-state index contributed by atoms with van der Waals surface area (Å²) in [5.41, 5.74) is 0. The zero-order valence-corrected chi connectivity index (χ0v) is 12.3. The Morgan fingerprint density at radius 1 is 1.25 bits per heavy atom. The van der Waals surface area contributed by atoms with Crippen LogP contribution in [0.4, 0.5) is 4.79 Å². The predicted molar refractivity (Wildman–Crippen MR) is 75.4 cm³/mol. The van der Waals surface area contributed by atoms with Crippen LogP contribution in [0.1, 0.15) is 46.0 Å². The molecule has 1 saturated carbocycles. The Bertz CT molecular complexity index is 333. The Hall–Kier alpha value is -1.30. The SMILES string of the molecule is CC(C)C1CCCCC1NC(=O)NC(CCO)C(=O)O. The lowest BCUT2D eigenvalue weighted by Gasteiger charge is -2.35. The van der Waals surface area contributed by atoms with E-state index in [0.717, 1.165) is 19.3 Å². The van der Waals surface area contributed by atoms with Gasteiger partial charge in [-0.15, -0.1) is 0 Å². The number of carboxylic acids is 1. The fourth-order valence-corrected chi connectivity index (χ4v) is 2.89. The summed E-state index contributed by atoms with van der Waals surface area (Å²) >= 11 is 0. The lowest BCUT2D eigenvalue weighted by Crippen LogP contribution is -2.52. The van der Waals surface area contributed by atoms with Crippen LogP contribution in [0.3, 0.4) is 0 Å². The molecule has 0 aliphatic heterocycles. The number of urea groups is 1. The van der Waals surface area contributed by atoms with Crippen LogP contribution in [0.15, 0.2) is 0 Å². The number of carboxylic acid groups (broad SMARTS) is 1. The van der Waals surface area contributed by atoms with Crippen LogP contribution in [0.5, 0.6) is 0 Å². The molecule has 0 aromatic rings. The van der Waals surface area contributed by atoms with Crippen molar-refractivity contribution in [3.05, 3.63) is 0 Å². The molecule has 0 heterocycles. The second-order valence-corrected chi connectivity index (χ2v) is 5.82. The first kappa shape index (κ1) is 16.8. The van der Waals surface area contributed by atoms with Gasteiger partial charge in [0.25, 0.3) is 0 Å². The van der Waals surface area contributed by atoms with Crippen molar-refractivity contribution >= 4 is 12.0 Å². The Morgan fingerprint density at radius 3 is 2.45 bits per heavy atom. The Morgan fingerprint density at radius 2 is 1.90 bits per heavy atom. The number of hydrogen-bond acceptors (Lipinski definition) is 3. The molecule has 3 unspecified atom stereocenters. The maximum absolute atomic E-state index is 11.9. The van der Waals surface area contributed by atoms with Gasteiger partial charge in [-0.2, -0.15) is 0 Å². The average Bonchev–Trinajstić information content (AvgIpc) is 2.38. The van der Waals surface area contributed by atoms with Gasteiger partial charge < -0.3 is 20.8 Å². The number of rotatable bonds is 6. The van der Waals surface area contributed by atoms with Crippen LogP contribution in [0, 0.1) is 11.8 Å². The molecule has 6 heteroatoms.